The van der Waals surface area contributed by atoms with Crippen molar-refractivity contribution in [3.8, 4) is 11.5 Å². The lowest BCUT2D eigenvalue weighted by Gasteiger charge is -2.06. The molecule has 23 heavy (non-hydrogen) atoms. The van der Waals surface area contributed by atoms with Gasteiger partial charge in [0.1, 0.15) is 5.69 Å². The minimum Gasteiger partial charge on any atom is -0.493 e. The van der Waals surface area contributed by atoms with Crippen molar-refractivity contribution in [2.75, 3.05) is 14.2 Å². The fraction of sp³-hybridized carbons (Fsp3) is 0.167. The molecule has 1 amide bonds. The number of hydrogen-bond acceptors (Lipinski definition) is 3. The van der Waals surface area contributed by atoms with Crippen LogP contribution in [0.25, 0.3) is 10.9 Å². The van der Waals surface area contributed by atoms with Crippen LogP contribution in [0.1, 0.15) is 16.1 Å². The summed E-state index contributed by atoms with van der Waals surface area (Å²) in [6.07, 6.45) is 0. The number of ether oxygens (including phenoxy) is 2. The van der Waals surface area contributed by atoms with Gasteiger partial charge >= 0.3 is 0 Å². The van der Waals surface area contributed by atoms with Gasteiger partial charge < -0.3 is 19.8 Å². The maximum absolute atomic E-state index is 12.3. The number of aromatic amines is 1. The van der Waals surface area contributed by atoms with Crippen LogP contribution >= 0.6 is 0 Å². The highest BCUT2D eigenvalue weighted by Crippen LogP contribution is 2.32. The first-order valence-electron chi connectivity index (χ1n) is 7.28. The number of nitrogens with one attached hydrogen (secondary N) is 2. The Morgan fingerprint density at radius 2 is 1.74 bits per heavy atom. The van der Waals surface area contributed by atoms with Gasteiger partial charge in [0.05, 0.1) is 14.2 Å². The minimum absolute atomic E-state index is 0.150. The summed E-state index contributed by atoms with van der Waals surface area (Å²) in [4.78, 5) is 15.4. The number of fused-ring (bicyclic) bond motifs is 1. The Balaban J connectivity index is 1.81. The first-order chi connectivity index (χ1) is 11.2. The highest BCUT2D eigenvalue weighted by atomic mass is 16.5. The highest BCUT2D eigenvalue weighted by Gasteiger charge is 2.12. The highest BCUT2D eigenvalue weighted by molar-refractivity contribution is 5.98. The second-order valence-corrected chi connectivity index (χ2v) is 5.15. The summed E-state index contributed by atoms with van der Waals surface area (Å²) in [7, 11) is 3.17. The number of hydrogen-bond donors (Lipinski definition) is 2. The fourth-order valence-corrected chi connectivity index (χ4v) is 2.45. The Morgan fingerprint density at radius 1 is 1.04 bits per heavy atom. The summed E-state index contributed by atoms with van der Waals surface area (Å²) in [6.45, 7) is 0.488. The van der Waals surface area contributed by atoms with E-state index in [9.17, 15) is 4.79 Å². The van der Waals surface area contributed by atoms with Crippen LogP contribution in [0.3, 0.4) is 0 Å². The summed E-state index contributed by atoms with van der Waals surface area (Å²) in [5.41, 5.74) is 2.39. The number of benzene rings is 2. The molecule has 2 aromatic carbocycles. The van der Waals surface area contributed by atoms with Gasteiger partial charge in [-0.25, -0.2) is 0 Å². The lowest BCUT2D eigenvalue weighted by atomic mass is 10.2. The average molecular weight is 310 g/mol. The third-order valence-corrected chi connectivity index (χ3v) is 3.67. The topological polar surface area (TPSA) is 63.3 Å². The van der Waals surface area contributed by atoms with Gasteiger partial charge in [0.15, 0.2) is 11.5 Å². The molecule has 0 aliphatic heterocycles. The number of carbonyl (C=O) groups is 1. The van der Waals surface area contributed by atoms with Gasteiger partial charge in [0.25, 0.3) is 5.91 Å². The Labute approximate surface area is 134 Å². The zero-order valence-electron chi connectivity index (χ0n) is 13.1. The van der Waals surface area contributed by atoms with Crippen LogP contribution in [0.4, 0.5) is 0 Å². The Morgan fingerprint density at radius 3 is 2.43 bits per heavy atom. The molecule has 0 saturated carbocycles. The van der Waals surface area contributed by atoms with Crippen LogP contribution in [-0.2, 0) is 6.54 Å². The quantitative estimate of drug-likeness (QED) is 0.761. The zero-order chi connectivity index (χ0) is 16.2. The van der Waals surface area contributed by atoms with Crippen molar-refractivity contribution in [1.29, 1.82) is 0 Å². The molecule has 5 heteroatoms. The van der Waals surface area contributed by atoms with E-state index in [-0.39, 0.29) is 5.91 Å². The maximum atomic E-state index is 12.3. The van der Waals surface area contributed by atoms with Crippen LogP contribution in [-0.4, -0.2) is 25.1 Å². The van der Waals surface area contributed by atoms with E-state index in [0.29, 0.717) is 23.7 Å². The Hall–Kier alpha value is -2.95. The van der Waals surface area contributed by atoms with E-state index in [1.165, 1.54) is 0 Å². The normalized spacial score (nSPS) is 10.5. The molecular weight excluding hydrogens is 292 g/mol. The smallest absolute Gasteiger partial charge is 0.267 e. The second kappa shape index (κ2) is 6.44. The fourth-order valence-electron chi connectivity index (χ4n) is 2.45. The summed E-state index contributed by atoms with van der Waals surface area (Å²) in [5.74, 6) is 1.11. The molecule has 3 aromatic rings. The molecule has 0 aliphatic carbocycles. The molecule has 0 radical (unpaired) electrons. The van der Waals surface area contributed by atoms with Gasteiger partial charge in [-0.15, -0.1) is 0 Å². The van der Waals surface area contributed by atoms with E-state index in [0.717, 1.165) is 16.5 Å². The molecule has 0 aliphatic rings. The van der Waals surface area contributed by atoms with E-state index in [4.69, 9.17) is 9.47 Å². The SMILES string of the molecule is COc1cc2cc(C(=O)NCc3ccccc3)[nH]c2cc1OC. The monoisotopic (exact) mass is 310 g/mol. The Bertz CT molecular complexity index is 784. The van der Waals surface area contributed by atoms with Crippen LogP contribution in [0, 0.1) is 0 Å². The second-order valence-electron chi connectivity index (χ2n) is 5.15. The summed E-state index contributed by atoms with van der Waals surface area (Å²) < 4.78 is 10.6. The molecule has 0 unspecified atom stereocenters. The van der Waals surface area contributed by atoms with Gasteiger partial charge in [-0.2, -0.15) is 0 Å². The maximum Gasteiger partial charge on any atom is 0.267 e. The first-order valence-corrected chi connectivity index (χ1v) is 7.28. The van der Waals surface area contributed by atoms with Gasteiger partial charge in [-0.3, -0.25) is 4.79 Å². The molecule has 0 bridgehead atoms. The van der Waals surface area contributed by atoms with Gasteiger partial charge in [-0.05, 0) is 17.7 Å². The van der Waals surface area contributed by atoms with Crippen molar-refractivity contribution in [2.24, 2.45) is 0 Å². The van der Waals surface area contributed by atoms with Crippen LogP contribution in [0.2, 0.25) is 0 Å². The van der Waals surface area contributed by atoms with Gasteiger partial charge in [-0.1, -0.05) is 30.3 Å². The molecule has 3 rings (SSSR count). The van der Waals surface area contributed by atoms with E-state index in [1.54, 1.807) is 20.3 Å². The lowest BCUT2D eigenvalue weighted by molar-refractivity contribution is 0.0946. The van der Waals surface area contributed by atoms with E-state index < -0.39 is 0 Å². The predicted octanol–water partition coefficient (Wildman–Crippen LogP) is 3.12. The molecule has 0 fully saturated rings. The van der Waals surface area contributed by atoms with Crippen LogP contribution < -0.4 is 14.8 Å². The Kier molecular flexibility index (Phi) is 4.19. The van der Waals surface area contributed by atoms with Gasteiger partial charge in [0.2, 0.25) is 0 Å². The number of H-pyrrole nitrogens is 1. The molecule has 0 spiro atoms. The molecule has 2 N–H and O–H groups in total. The summed E-state index contributed by atoms with van der Waals surface area (Å²) in [6, 6.07) is 15.3. The standard InChI is InChI=1S/C18H18N2O3/c1-22-16-9-13-8-15(20-14(13)10-17(16)23-2)18(21)19-11-12-6-4-3-5-7-12/h3-10,20H,11H2,1-2H3,(H,19,21). The largest absolute Gasteiger partial charge is 0.493 e. The zero-order valence-corrected chi connectivity index (χ0v) is 13.1. The molecular formula is C18H18N2O3. The molecule has 0 atom stereocenters. The van der Waals surface area contributed by atoms with Crippen molar-refractivity contribution in [3.63, 3.8) is 0 Å². The molecule has 1 aromatic heterocycles. The average Bonchev–Trinajstić information content (AvgIpc) is 3.02. The molecule has 5 nitrogen and oxygen atoms in total. The van der Waals surface area contributed by atoms with Crippen LogP contribution in [0.5, 0.6) is 11.5 Å². The number of methoxy groups -OCH3 is 2. The third-order valence-electron chi connectivity index (χ3n) is 3.67. The van der Waals surface area contributed by atoms with Crippen molar-refractivity contribution in [2.45, 2.75) is 6.54 Å². The van der Waals surface area contributed by atoms with E-state index in [2.05, 4.69) is 10.3 Å². The third kappa shape index (κ3) is 3.13. The summed E-state index contributed by atoms with van der Waals surface area (Å²) in [5, 5.41) is 3.80. The van der Waals surface area contributed by atoms with E-state index in [1.807, 2.05) is 42.5 Å². The summed E-state index contributed by atoms with van der Waals surface area (Å²) >= 11 is 0. The molecule has 0 saturated heterocycles. The molecule has 1 heterocycles. The molecule has 118 valence electrons. The van der Waals surface area contributed by atoms with E-state index >= 15 is 0 Å². The first kappa shape index (κ1) is 15.0. The number of amides is 1. The number of carbonyl (C=O) groups excluding carboxylic acids is 1. The predicted molar refractivity (Wildman–Crippen MR) is 89.0 cm³/mol. The van der Waals surface area contributed by atoms with Gasteiger partial charge in [0, 0.05) is 23.5 Å². The van der Waals surface area contributed by atoms with Crippen molar-refractivity contribution < 1.29 is 14.3 Å². The number of rotatable bonds is 5. The van der Waals surface area contributed by atoms with Crippen molar-refractivity contribution >= 4 is 16.8 Å². The van der Waals surface area contributed by atoms with Crippen LogP contribution in [0.15, 0.2) is 48.5 Å². The van der Waals surface area contributed by atoms with Crippen molar-refractivity contribution in [1.82, 2.24) is 10.3 Å². The number of aromatic nitrogens is 1. The lowest BCUT2D eigenvalue weighted by Crippen LogP contribution is -2.22. The van der Waals surface area contributed by atoms with Crippen molar-refractivity contribution in [3.05, 3.63) is 59.8 Å². The minimum atomic E-state index is -0.150.